The van der Waals surface area contributed by atoms with Crippen LogP contribution in [0.15, 0.2) is 17.1 Å². The molecule has 9 nitrogen and oxygen atoms in total. The quantitative estimate of drug-likeness (QED) is 0.745. The standard InChI is InChI=1S/C15H19N7O2/c1-8(2)5-12(23)17-11-6-9(3)20-22(11)15-18-13-10(14(24)19-15)7-16-21(13)4/h6-8H,5H2,1-4H3,(H,17,23)(H,18,19,24). The molecule has 0 saturated heterocycles. The Morgan fingerprint density at radius 1 is 1.42 bits per heavy atom. The van der Waals surface area contributed by atoms with Gasteiger partial charge in [0.05, 0.1) is 11.9 Å². The topological polar surface area (TPSA) is 110 Å². The summed E-state index contributed by atoms with van der Waals surface area (Å²) in [5, 5.41) is 11.6. The summed E-state index contributed by atoms with van der Waals surface area (Å²) in [6, 6.07) is 1.73. The lowest BCUT2D eigenvalue weighted by molar-refractivity contribution is -0.116. The number of aromatic amines is 1. The Labute approximate surface area is 137 Å². The van der Waals surface area contributed by atoms with E-state index in [1.165, 1.54) is 15.6 Å². The van der Waals surface area contributed by atoms with E-state index >= 15 is 0 Å². The van der Waals surface area contributed by atoms with Crippen LogP contribution in [0.2, 0.25) is 0 Å². The Morgan fingerprint density at radius 2 is 2.17 bits per heavy atom. The van der Waals surface area contributed by atoms with Crippen LogP contribution in [0, 0.1) is 12.8 Å². The largest absolute Gasteiger partial charge is 0.310 e. The van der Waals surface area contributed by atoms with E-state index in [0.717, 1.165) is 0 Å². The highest BCUT2D eigenvalue weighted by atomic mass is 16.1. The zero-order valence-corrected chi connectivity index (χ0v) is 14.0. The molecule has 0 aromatic carbocycles. The first-order valence-corrected chi connectivity index (χ1v) is 7.64. The van der Waals surface area contributed by atoms with Crippen LogP contribution in [0.5, 0.6) is 0 Å². The van der Waals surface area contributed by atoms with Gasteiger partial charge >= 0.3 is 0 Å². The van der Waals surface area contributed by atoms with Crippen LogP contribution < -0.4 is 10.9 Å². The molecule has 9 heteroatoms. The summed E-state index contributed by atoms with van der Waals surface area (Å²) in [4.78, 5) is 31.3. The van der Waals surface area contributed by atoms with Crippen molar-refractivity contribution in [3.05, 3.63) is 28.3 Å². The van der Waals surface area contributed by atoms with Crippen molar-refractivity contribution in [3.8, 4) is 5.95 Å². The number of aryl methyl sites for hydroxylation is 2. The molecule has 3 heterocycles. The first-order valence-electron chi connectivity index (χ1n) is 7.64. The molecule has 0 aliphatic rings. The number of H-pyrrole nitrogens is 1. The summed E-state index contributed by atoms with van der Waals surface area (Å²) >= 11 is 0. The maximum Gasteiger partial charge on any atom is 0.263 e. The number of rotatable bonds is 4. The van der Waals surface area contributed by atoms with Crippen LogP contribution in [-0.2, 0) is 11.8 Å². The number of anilines is 1. The van der Waals surface area contributed by atoms with Crippen molar-refractivity contribution in [1.82, 2.24) is 29.5 Å². The smallest absolute Gasteiger partial charge is 0.263 e. The molecule has 0 radical (unpaired) electrons. The number of nitrogens with zero attached hydrogens (tertiary/aromatic N) is 5. The van der Waals surface area contributed by atoms with Crippen LogP contribution in [0.25, 0.3) is 17.0 Å². The highest BCUT2D eigenvalue weighted by molar-refractivity contribution is 5.90. The van der Waals surface area contributed by atoms with Gasteiger partial charge < -0.3 is 5.32 Å². The number of carbonyl (C=O) groups is 1. The lowest BCUT2D eigenvalue weighted by atomic mass is 10.1. The van der Waals surface area contributed by atoms with E-state index in [1.54, 1.807) is 20.0 Å². The second-order valence-electron chi connectivity index (χ2n) is 6.12. The molecule has 3 aromatic heterocycles. The number of carbonyl (C=O) groups excluding carboxylic acids is 1. The third-order valence-corrected chi connectivity index (χ3v) is 3.48. The number of fused-ring (bicyclic) bond motifs is 1. The van der Waals surface area contributed by atoms with Gasteiger partial charge in [0.2, 0.25) is 11.9 Å². The number of hydrogen-bond acceptors (Lipinski definition) is 5. The minimum Gasteiger partial charge on any atom is -0.310 e. The molecule has 24 heavy (non-hydrogen) atoms. The molecule has 0 saturated carbocycles. The summed E-state index contributed by atoms with van der Waals surface area (Å²) in [6.07, 6.45) is 1.86. The maximum atomic E-state index is 12.2. The van der Waals surface area contributed by atoms with E-state index in [1.807, 2.05) is 13.8 Å². The predicted molar refractivity (Wildman–Crippen MR) is 89.1 cm³/mol. The van der Waals surface area contributed by atoms with Gasteiger partial charge in [-0.3, -0.25) is 19.3 Å². The molecule has 3 aromatic rings. The maximum absolute atomic E-state index is 12.2. The van der Waals surface area contributed by atoms with Crippen molar-refractivity contribution < 1.29 is 4.79 Å². The van der Waals surface area contributed by atoms with E-state index in [4.69, 9.17) is 0 Å². The fourth-order valence-corrected chi connectivity index (χ4v) is 2.44. The van der Waals surface area contributed by atoms with E-state index in [2.05, 4.69) is 25.5 Å². The zero-order chi connectivity index (χ0) is 17.4. The molecule has 0 unspecified atom stereocenters. The Balaban J connectivity index is 2.05. The molecule has 1 amide bonds. The van der Waals surface area contributed by atoms with Crippen LogP contribution in [0.3, 0.4) is 0 Å². The van der Waals surface area contributed by atoms with Gasteiger partial charge in [0.15, 0.2) is 5.65 Å². The number of nitrogens with one attached hydrogen (secondary N) is 2. The fourth-order valence-electron chi connectivity index (χ4n) is 2.44. The van der Waals surface area contributed by atoms with Crippen molar-refractivity contribution in [1.29, 1.82) is 0 Å². The average Bonchev–Trinajstić information content (AvgIpc) is 3.02. The highest BCUT2D eigenvalue weighted by Gasteiger charge is 2.15. The van der Waals surface area contributed by atoms with Crippen LogP contribution in [0.1, 0.15) is 26.0 Å². The van der Waals surface area contributed by atoms with Gasteiger partial charge in [-0.15, -0.1) is 0 Å². The predicted octanol–water partition coefficient (Wildman–Crippen LogP) is 1.14. The summed E-state index contributed by atoms with van der Waals surface area (Å²) < 4.78 is 2.93. The second-order valence-corrected chi connectivity index (χ2v) is 6.12. The van der Waals surface area contributed by atoms with Crippen molar-refractivity contribution in [2.75, 3.05) is 5.32 Å². The minimum atomic E-state index is -0.310. The van der Waals surface area contributed by atoms with Crippen molar-refractivity contribution in [3.63, 3.8) is 0 Å². The molecule has 0 atom stereocenters. The number of hydrogen-bond donors (Lipinski definition) is 2. The normalized spacial score (nSPS) is 11.4. The van der Waals surface area contributed by atoms with Gasteiger partial charge in [-0.25, -0.2) is 0 Å². The molecular weight excluding hydrogens is 310 g/mol. The summed E-state index contributed by atoms with van der Waals surface area (Å²) in [5.41, 5.74) is 0.833. The third-order valence-electron chi connectivity index (χ3n) is 3.48. The second kappa shape index (κ2) is 5.91. The van der Waals surface area contributed by atoms with Gasteiger partial charge in [0, 0.05) is 19.5 Å². The van der Waals surface area contributed by atoms with E-state index in [9.17, 15) is 9.59 Å². The lowest BCUT2D eigenvalue weighted by Crippen LogP contribution is -2.19. The van der Waals surface area contributed by atoms with Gasteiger partial charge in [-0.05, 0) is 12.8 Å². The molecule has 3 rings (SSSR count). The van der Waals surface area contributed by atoms with Crippen molar-refractivity contribution >= 4 is 22.8 Å². The van der Waals surface area contributed by atoms with Crippen LogP contribution in [-0.4, -0.2) is 35.4 Å². The minimum absolute atomic E-state index is 0.116. The van der Waals surface area contributed by atoms with Crippen molar-refractivity contribution in [2.24, 2.45) is 13.0 Å². The third kappa shape index (κ3) is 2.92. The first kappa shape index (κ1) is 15.9. The summed E-state index contributed by atoms with van der Waals surface area (Å²) in [6.45, 7) is 5.74. The molecule has 0 aliphatic heterocycles. The highest BCUT2D eigenvalue weighted by Crippen LogP contribution is 2.16. The number of amides is 1. The Morgan fingerprint density at radius 3 is 2.88 bits per heavy atom. The zero-order valence-electron chi connectivity index (χ0n) is 14.0. The monoisotopic (exact) mass is 329 g/mol. The Hall–Kier alpha value is -2.97. The van der Waals surface area contributed by atoms with E-state index in [-0.39, 0.29) is 23.3 Å². The molecule has 0 bridgehead atoms. The molecule has 126 valence electrons. The van der Waals surface area contributed by atoms with Gasteiger partial charge in [-0.1, -0.05) is 13.8 Å². The molecule has 0 fully saturated rings. The van der Waals surface area contributed by atoms with Crippen molar-refractivity contribution in [2.45, 2.75) is 27.2 Å². The number of aromatic nitrogens is 6. The van der Waals surface area contributed by atoms with Crippen LogP contribution in [0.4, 0.5) is 5.82 Å². The van der Waals surface area contributed by atoms with Gasteiger partial charge in [-0.2, -0.15) is 19.9 Å². The first-order chi connectivity index (χ1) is 11.3. The molecule has 0 spiro atoms. The van der Waals surface area contributed by atoms with Gasteiger partial charge in [0.1, 0.15) is 11.2 Å². The van der Waals surface area contributed by atoms with E-state index < -0.39 is 0 Å². The molecule has 2 N–H and O–H groups in total. The average molecular weight is 329 g/mol. The van der Waals surface area contributed by atoms with Crippen LogP contribution >= 0.6 is 0 Å². The lowest BCUT2D eigenvalue weighted by Gasteiger charge is -2.09. The SMILES string of the molecule is Cc1cc(NC(=O)CC(C)C)n(-c2nc3c(cnn3C)c(=O)[nH]2)n1. The van der Waals surface area contributed by atoms with Gasteiger partial charge in [0.25, 0.3) is 5.56 Å². The molecular formula is C15H19N7O2. The Kier molecular flexibility index (Phi) is 3.92. The fraction of sp³-hybridized carbons (Fsp3) is 0.400. The van der Waals surface area contributed by atoms with E-state index in [0.29, 0.717) is 29.0 Å². The summed E-state index contributed by atoms with van der Waals surface area (Å²) in [7, 11) is 1.71. The Bertz CT molecular complexity index is 964. The molecule has 0 aliphatic carbocycles. The summed E-state index contributed by atoms with van der Waals surface area (Å²) in [5.74, 6) is 0.813.